The van der Waals surface area contributed by atoms with Crippen LogP contribution < -0.4 is 0 Å². The first-order valence-corrected chi connectivity index (χ1v) is 11.9. The highest BCUT2D eigenvalue weighted by molar-refractivity contribution is 6.46. The van der Waals surface area contributed by atoms with Gasteiger partial charge in [-0.15, -0.1) is 0 Å². The molecule has 0 spiro atoms. The number of hydrogen-bond acceptors (Lipinski definition) is 5. The Morgan fingerprint density at radius 1 is 1.12 bits per heavy atom. The number of pyridine rings is 1. The third kappa shape index (κ3) is 4.33. The molecule has 1 saturated heterocycles. The molecule has 1 fully saturated rings. The summed E-state index contributed by atoms with van der Waals surface area (Å²) in [5.74, 6) is -1.51. The van der Waals surface area contributed by atoms with E-state index >= 15 is 0 Å². The van der Waals surface area contributed by atoms with E-state index in [1.165, 1.54) is 0 Å². The third-order valence-electron chi connectivity index (χ3n) is 6.42. The lowest BCUT2D eigenvalue weighted by atomic mass is 9.96. The highest BCUT2D eigenvalue weighted by Crippen LogP contribution is 2.40. The first-order valence-electron chi connectivity index (χ1n) is 11.6. The van der Waals surface area contributed by atoms with E-state index in [0.29, 0.717) is 35.0 Å². The number of aliphatic hydroxyl groups excluding tert-OH is 1. The molecule has 2 aromatic heterocycles. The number of fused-ring (bicyclic) bond motifs is 1. The average molecular weight is 481 g/mol. The fourth-order valence-corrected chi connectivity index (χ4v) is 4.76. The Balaban J connectivity index is 1.81. The number of aliphatic hydroxyl groups is 1. The van der Waals surface area contributed by atoms with Crippen molar-refractivity contribution in [2.45, 2.75) is 33.2 Å². The standard InChI is InChI=1S/C26H29ClN4O3/c1-4-29(5-2)14-8-16-31-23(18-10-12-19(27)13-11-18)21(25(33)26(31)34)24(32)22-17(3)28-20-9-6-7-15-30(20)22/h6-7,9-13,15,23,32H,4-5,8,14,16H2,1-3H3/b24-21+/t23-/m1/s1. The number of halogens is 1. The Morgan fingerprint density at radius 3 is 2.50 bits per heavy atom. The monoisotopic (exact) mass is 480 g/mol. The third-order valence-corrected chi connectivity index (χ3v) is 6.67. The molecule has 0 unspecified atom stereocenters. The molecular formula is C26H29ClN4O3. The van der Waals surface area contributed by atoms with Crippen LogP contribution >= 0.6 is 11.6 Å². The van der Waals surface area contributed by atoms with E-state index in [1.54, 1.807) is 46.7 Å². The van der Waals surface area contributed by atoms with Crippen LogP contribution in [0.5, 0.6) is 0 Å². The average Bonchev–Trinajstić information content (AvgIpc) is 3.30. The second kappa shape index (κ2) is 9.99. The predicted octanol–water partition coefficient (Wildman–Crippen LogP) is 4.45. The van der Waals surface area contributed by atoms with E-state index in [4.69, 9.17) is 11.6 Å². The van der Waals surface area contributed by atoms with Crippen molar-refractivity contribution in [3.63, 3.8) is 0 Å². The van der Waals surface area contributed by atoms with E-state index in [2.05, 4.69) is 23.7 Å². The molecule has 0 radical (unpaired) electrons. The highest BCUT2D eigenvalue weighted by Gasteiger charge is 2.46. The zero-order valence-electron chi connectivity index (χ0n) is 19.7. The lowest BCUT2D eigenvalue weighted by Gasteiger charge is -2.26. The minimum absolute atomic E-state index is 0.0731. The number of carbonyl (C=O) groups is 2. The van der Waals surface area contributed by atoms with E-state index < -0.39 is 17.7 Å². The van der Waals surface area contributed by atoms with Crippen molar-refractivity contribution < 1.29 is 14.7 Å². The second-order valence-electron chi connectivity index (χ2n) is 8.40. The second-order valence-corrected chi connectivity index (χ2v) is 8.84. The van der Waals surface area contributed by atoms with Gasteiger partial charge in [0.15, 0.2) is 5.76 Å². The van der Waals surface area contributed by atoms with E-state index in [1.807, 2.05) is 18.2 Å². The molecule has 8 heteroatoms. The Morgan fingerprint density at radius 2 is 1.82 bits per heavy atom. The van der Waals surface area contributed by atoms with Crippen LogP contribution in [0.4, 0.5) is 0 Å². The van der Waals surface area contributed by atoms with Gasteiger partial charge >= 0.3 is 0 Å². The van der Waals surface area contributed by atoms with Gasteiger partial charge in [-0.25, -0.2) is 4.98 Å². The van der Waals surface area contributed by atoms with E-state index in [-0.39, 0.29) is 11.3 Å². The van der Waals surface area contributed by atoms with Crippen LogP contribution in [0.2, 0.25) is 5.02 Å². The number of aromatic nitrogens is 2. The molecule has 34 heavy (non-hydrogen) atoms. The zero-order valence-corrected chi connectivity index (χ0v) is 20.4. The number of nitrogens with zero attached hydrogens (tertiary/aromatic N) is 4. The maximum atomic E-state index is 13.3. The van der Waals surface area contributed by atoms with E-state index in [0.717, 1.165) is 25.2 Å². The molecule has 0 aliphatic carbocycles. The number of amides is 1. The number of benzene rings is 1. The molecule has 3 aromatic rings. The van der Waals surface area contributed by atoms with Gasteiger partial charge in [-0.2, -0.15) is 0 Å². The summed E-state index contributed by atoms with van der Waals surface area (Å²) in [5, 5.41) is 12.0. The van der Waals surface area contributed by atoms with Crippen molar-refractivity contribution in [1.29, 1.82) is 0 Å². The molecule has 4 rings (SSSR count). The molecule has 178 valence electrons. The van der Waals surface area contributed by atoms with Gasteiger partial charge in [0.1, 0.15) is 11.3 Å². The predicted molar refractivity (Wildman–Crippen MR) is 133 cm³/mol. The molecule has 1 N–H and O–H groups in total. The van der Waals surface area contributed by atoms with Crippen LogP contribution in [0.15, 0.2) is 54.2 Å². The van der Waals surface area contributed by atoms with Crippen LogP contribution in [-0.2, 0) is 9.59 Å². The molecule has 1 aliphatic heterocycles. The first-order chi connectivity index (χ1) is 16.4. The van der Waals surface area contributed by atoms with Crippen molar-refractivity contribution >= 4 is 34.7 Å². The number of Topliss-reactive ketones (excluding diaryl/α,β-unsaturated/α-hetero) is 1. The van der Waals surface area contributed by atoms with Gasteiger partial charge in [0.25, 0.3) is 11.7 Å². The molecule has 1 atom stereocenters. The van der Waals surface area contributed by atoms with Crippen molar-refractivity contribution in [2.24, 2.45) is 0 Å². The van der Waals surface area contributed by atoms with Gasteiger partial charge in [-0.05, 0) is 62.8 Å². The van der Waals surface area contributed by atoms with Crippen LogP contribution in [0.3, 0.4) is 0 Å². The smallest absolute Gasteiger partial charge is 0.295 e. The molecule has 0 saturated carbocycles. The topological polar surface area (TPSA) is 78.2 Å². The number of imidazole rings is 1. The number of rotatable bonds is 8. The summed E-state index contributed by atoms with van der Waals surface area (Å²) in [6.45, 7) is 9.03. The molecule has 0 bridgehead atoms. The van der Waals surface area contributed by atoms with Gasteiger partial charge in [-0.1, -0.05) is 43.6 Å². The zero-order chi connectivity index (χ0) is 24.4. The van der Waals surface area contributed by atoms with Crippen LogP contribution in [-0.4, -0.2) is 62.2 Å². The molecule has 1 amide bonds. The summed E-state index contributed by atoms with van der Waals surface area (Å²) in [6, 6.07) is 11.9. The SMILES string of the molecule is CCN(CC)CCCN1C(=O)C(=O)/C(=C(/O)c2c(C)nc3ccccn23)[C@H]1c1ccc(Cl)cc1. The van der Waals surface area contributed by atoms with Gasteiger partial charge in [0.05, 0.1) is 17.3 Å². The Bertz CT molecular complexity index is 1240. The summed E-state index contributed by atoms with van der Waals surface area (Å²) < 4.78 is 1.73. The fraction of sp³-hybridized carbons (Fsp3) is 0.346. The summed E-state index contributed by atoms with van der Waals surface area (Å²) in [4.78, 5) is 34.8. The van der Waals surface area contributed by atoms with Crippen molar-refractivity contribution in [2.75, 3.05) is 26.2 Å². The summed E-state index contributed by atoms with van der Waals surface area (Å²) in [6.07, 6.45) is 2.50. The lowest BCUT2D eigenvalue weighted by Crippen LogP contribution is -2.33. The van der Waals surface area contributed by atoms with Crippen LogP contribution in [0.25, 0.3) is 11.4 Å². The molecule has 7 nitrogen and oxygen atoms in total. The van der Waals surface area contributed by atoms with Crippen LogP contribution in [0.1, 0.15) is 43.3 Å². The maximum absolute atomic E-state index is 13.3. The van der Waals surface area contributed by atoms with Gasteiger partial charge < -0.3 is 14.9 Å². The highest BCUT2D eigenvalue weighted by atomic mass is 35.5. The largest absolute Gasteiger partial charge is 0.505 e. The fourth-order valence-electron chi connectivity index (χ4n) is 4.63. The summed E-state index contributed by atoms with van der Waals surface area (Å²) in [7, 11) is 0. The van der Waals surface area contributed by atoms with Gasteiger partial charge in [-0.3, -0.25) is 14.0 Å². The summed E-state index contributed by atoms with van der Waals surface area (Å²) >= 11 is 6.10. The Kier molecular flexibility index (Phi) is 7.05. The Labute approximate surface area is 204 Å². The van der Waals surface area contributed by atoms with Crippen molar-refractivity contribution in [3.05, 3.63) is 76.2 Å². The summed E-state index contributed by atoms with van der Waals surface area (Å²) in [5.41, 5.74) is 2.43. The molecule has 1 aromatic carbocycles. The van der Waals surface area contributed by atoms with Crippen molar-refractivity contribution in [3.8, 4) is 0 Å². The molecule has 1 aliphatic rings. The Hall–Kier alpha value is -3.16. The number of ketones is 1. The van der Waals surface area contributed by atoms with E-state index in [9.17, 15) is 14.7 Å². The maximum Gasteiger partial charge on any atom is 0.295 e. The lowest BCUT2D eigenvalue weighted by molar-refractivity contribution is -0.140. The molecular weight excluding hydrogens is 452 g/mol. The molecule has 3 heterocycles. The number of likely N-dealkylation sites (tertiary alicyclic amines) is 1. The first kappa shape index (κ1) is 24.0. The number of aryl methyl sites for hydroxylation is 1. The van der Waals surface area contributed by atoms with Crippen molar-refractivity contribution in [1.82, 2.24) is 19.2 Å². The van der Waals surface area contributed by atoms with Gasteiger partial charge in [0.2, 0.25) is 0 Å². The van der Waals surface area contributed by atoms with Crippen LogP contribution in [0, 0.1) is 6.92 Å². The number of hydrogen-bond donors (Lipinski definition) is 1. The quantitative estimate of drug-likeness (QED) is 0.293. The number of carbonyl (C=O) groups excluding carboxylic acids is 2. The minimum Gasteiger partial charge on any atom is -0.505 e. The van der Waals surface area contributed by atoms with Gasteiger partial charge in [0, 0.05) is 17.8 Å². The normalized spacial score (nSPS) is 17.9. The minimum atomic E-state index is -0.706.